The lowest BCUT2D eigenvalue weighted by atomic mass is 9.96. The van der Waals surface area contributed by atoms with E-state index in [0.29, 0.717) is 6.54 Å². The first-order valence-electron chi connectivity index (χ1n) is 10.9. The minimum Gasteiger partial charge on any atom is -0.356 e. The molecule has 0 unspecified atom stereocenters. The lowest BCUT2D eigenvalue weighted by Crippen LogP contribution is -2.37. The summed E-state index contributed by atoms with van der Waals surface area (Å²) in [5, 5.41) is 2.72. The molecule has 0 atom stereocenters. The summed E-state index contributed by atoms with van der Waals surface area (Å²) in [4.78, 5) is 51.3. The zero-order valence-corrected chi connectivity index (χ0v) is 18.4. The molecule has 0 aromatic heterocycles. The largest absolute Gasteiger partial charge is 0.356 e. The van der Waals surface area contributed by atoms with Gasteiger partial charge in [-0.25, -0.2) is 0 Å². The second kappa shape index (κ2) is 9.65. The van der Waals surface area contributed by atoms with Gasteiger partial charge < -0.3 is 10.2 Å². The smallest absolute Gasteiger partial charge is 0.253 e. The van der Waals surface area contributed by atoms with E-state index in [1.54, 1.807) is 4.90 Å². The van der Waals surface area contributed by atoms with Crippen LogP contribution in [-0.4, -0.2) is 41.6 Å². The van der Waals surface area contributed by atoms with Crippen molar-refractivity contribution < 1.29 is 19.2 Å². The third-order valence-electron chi connectivity index (χ3n) is 5.80. The number of rotatable bonds is 6. The van der Waals surface area contributed by atoms with Crippen LogP contribution in [0.15, 0.2) is 60.7 Å². The minimum absolute atomic E-state index is 0.00272. The van der Waals surface area contributed by atoms with Gasteiger partial charge in [0.05, 0.1) is 12.2 Å². The van der Waals surface area contributed by atoms with E-state index in [1.807, 2.05) is 55.5 Å². The fraction of sp³-hybridized carbons (Fsp3) is 0.231. The molecule has 33 heavy (non-hydrogen) atoms. The molecule has 7 nitrogen and oxygen atoms in total. The minimum atomic E-state index is -0.414. The van der Waals surface area contributed by atoms with E-state index in [9.17, 15) is 19.2 Å². The molecule has 4 rings (SSSR count). The SMILES string of the molecule is C/C1=C/c2ccccc2CN(C(=O)CCNC(=O)CCN2C(=O)C=CC2=O)c2ccccc21. The van der Waals surface area contributed by atoms with Gasteiger partial charge in [-0.05, 0) is 29.7 Å². The Hall–Kier alpha value is -4.00. The summed E-state index contributed by atoms with van der Waals surface area (Å²) in [7, 11) is 0. The number of benzene rings is 2. The Kier molecular flexibility index (Phi) is 6.49. The first-order valence-corrected chi connectivity index (χ1v) is 10.9. The average molecular weight is 444 g/mol. The Bertz CT molecular complexity index is 1160. The van der Waals surface area contributed by atoms with E-state index in [2.05, 4.69) is 11.4 Å². The number of carbonyl (C=O) groups excluding carboxylic acids is 4. The third kappa shape index (κ3) is 4.92. The lowest BCUT2D eigenvalue weighted by Gasteiger charge is -2.28. The Morgan fingerprint density at radius 3 is 2.42 bits per heavy atom. The highest BCUT2D eigenvalue weighted by molar-refractivity contribution is 6.13. The summed E-state index contributed by atoms with van der Waals surface area (Å²) >= 11 is 0. The molecule has 0 saturated heterocycles. The van der Waals surface area contributed by atoms with E-state index in [-0.39, 0.29) is 37.7 Å². The number of allylic oxidation sites excluding steroid dienone is 1. The number of hydrogen-bond acceptors (Lipinski definition) is 4. The van der Waals surface area contributed by atoms with Crippen LogP contribution in [0.5, 0.6) is 0 Å². The first kappa shape index (κ1) is 22.2. The molecule has 2 aromatic rings. The molecule has 0 saturated carbocycles. The molecule has 168 valence electrons. The molecule has 2 heterocycles. The van der Waals surface area contributed by atoms with Gasteiger partial charge in [0.15, 0.2) is 0 Å². The number of nitrogens with one attached hydrogen (secondary N) is 1. The molecule has 4 amide bonds. The summed E-state index contributed by atoms with van der Waals surface area (Å²) in [5.41, 5.74) is 5.05. The number of amides is 4. The van der Waals surface area contributed by atoms with Crippen LogP contribution < -0.4 is 10.2 Å². The predicted molar refractivity (Wildman–Crippen MR) is 126 cm³/mol. The van der Waals surface area contributed by atoms with Crippen LogP contribution in [0.4, 0.5) is 5.69 Å². The number of para-hydroxylation sites is 1. The third-order valence-corrected chi connectivity index (χ3v) is 5.80. The topological polar surface area (TPSA) is 86.8 Å². The molecule has 0 radical (unpaired) electrons. The maximum atomic E-state index is 13.2. The number of anilines is 1. The van der Waals surface area contributed by atoms with E-state index in [4.69, 9.17) is 0 Å². The Morgan fingerprint density at radius 1 is 0.939 bits per heavy atom. The number of imide groups is 1. The van der Waals surface area contributed by atoms with Crippen molar-refractivity contribution in [1.82, 2.24) is 10.2 Å². The second-order valence-electron chi connectivity index (χ2n) is 8.03. The second-order valence-corrected chi connectivity index (χ2v) is 8.03. The summed E-state index contributed by atoms with van der Waals surface area (Å²) in [6.45, 7) is 2.67. The van der Waals surface area contributed by atoms with Crippen molar-refractivity contribution in [1.29, 1.82) is 0 Å². The molecule has 0 aliphatic carbocycles. The van der Waals surface area contributed by atoms with Crippen molar-refractivity contribution in [3.8, 4) is 0 Å². The molecule has 0 spiro atoms. The predicted octanol–water partition coefficient (Wildman–Crippen LogP) is 2.92. The van der Waals surface area contributed by atoms with Gasteiger partial charge in [0.25, 0.3) is 11.8 Å². The quantitative estimate of drug-likeness (QED) is 0.696. The average Bonchev–Trinajstić information content (AvgIpc) is 3.13. The van der Waals surface area contributed by atoms with Gasteiger partial charge in [-0.2, -0.15) is 0 Å². The van der Waals surface area contributed by atoms with Crippen LogP contribution in [0.1, 0.15) is 36.5 Å². The van der Waals surface area contributed by atoms with Crippen LogP contribution in [0, 0.1) is 0 Å². The van der Waals surface area contributed by atoms with Gasteiger partial charge in [-0.15, -0.1) is 0 Å². The highest BCUT2D eigenvalue weighted by atomic mass is 16.2. The molecule has 1 N–H and O–H groups in total. The zero-order valence-electron chi connectivity index (χ0n) is 18.4. The molecule has 0 bridgehead atoms. The molecule has 0 fully saturated rings. The van der Waals surface area contributed by atoms with Gasteiger partial charge >= 0.3 is 0 Å². The van der Waals surface area contributed by atoms with E-state index in [0.717, 1.165) is 32.9 Å². The van der Waals surface area contributed by atoms with Crippen molar-refractivity contribution >= 4 is 41.0 Å². The van der Waals surface area contributed by atoms with Crippen molar-refractivity contribution in [2.75, 3.05) is 18.0 Å². The highest BCUT2D eigenvalue weighted by Crippen LogP contribution is 2.33. The van der Waals surface area contributed by atoms with Crippen LogP contribution in [0.2, 0.25) is 0 Å². The van der Waals surface area contributed by atoms with Crippen LogP contribution >= 0.6 is 0 Å². The Morgan fingerprint density at radius 2 is 1.64 bits per heavy atom. The molecular weight excluding hydrogens is 418 g/mol. The lowest BCUT2D eigenvalue weighted by molar-refractivity contribution is -0.137. The van der Waals surface area contributed by atoms with Crippen molar-refractivity contribution in [2.45, 2.75) is 26.3 Å². The van der Waals surface area contributed by atoms with Crippen LogP contribution in [0.3, 0.4) is 0 Å². The van der Waals surface area contributed by atoms with Crippen LogP contribution in [-0.2, 0) is 25.7 Å². The fourth-order valence-electron chi connectivity index (χ4n) is 4.05. The zero-order chi connectivity index (χ0) is 23.4. The first-order chi connectivity index (χ1) is 15.9. The van der Waals surface area contributed by atoms with Gasteiger partial charge in [-0.3, -0.25) is 24.1 Å². The maximum absolute atomic E-state index is 13.2. The fourth-order valence-corrected chi connectivity index (χ4v) is 4.05. The standard InChI is InChI=1S/C26H25N3O4/c1-18-16-19-6-2-3-7-20(19)17-29(22-9-5-4-8-21(18)22)26(33)12-14-27-23(30)13-15-28-24(31)10-11-25(28)32/h2-11,16H,12-15,17H2,1H3,(H,27,30)/b18-16-. The van der Waals surface area contributed by atoms with Crippen LogP contribution in [0.25, 0.3) is 11.6 Å². The number of fused-ring (bicyclic) bond motifs is 2. The summed E-state index contributed by atoms with van der Waals surface area (Å²) < 4.78 is 0. The Labute approximate surface area is 192 Å². The molecule has 2 aliphatic rings. The van der Waals surface area contributed by atoms with Gasteiger partial charge in [0.1, 0.15) is 0 Å². The molecular formula is C26H25N3O4. The number of nitrogens with zero attached hydrogens (tertiary/aromatic N) is 2. The van der Waals surface area contributed by atoms with Crippen molar-refractivity contribution in [3.63, 3.8) is 0 Å². The summed E-state index contributed by atoms with van der Waals surface area (Å²) in [6.07, 6.45) is 4.65. The normalized spacial score (nSPS) is 16.5. The molecule has 2 aliphatic heterocycles. The molecule has 7 heteroatoms. The number of hydrogen-bond donors (Lipinski definition) is 1. The monoisotopic (exact) mass is 443 g/mol. The van der Waals surface area contributed by atoms with E-state index in [1.165, 1.54) is 12.2 Å². The van der Waals surface area contributed by atoms with Crippen molar-refractivity contribution in [2.24, 2.45) is 0 Å². The highest BCUT2D eigenvalue weighted by Gasteiger charge is 2.24. The van der Waals surface area contributed by atoms with Crippen molar-refractivity contribution in [3.05, 3.63) is 77.4 Å². The summed E-state index contributed by atoms with van der Waals surface area (Å²) in [6, 6.07) is 15.8. The van der Waals surface area contributed by atoms with Gasteiger partial charge in [0.2, 0.25) is 11.8 Å². The summed E-state index contributed by atoms with van der Waals surface area (Å²) in [5.74, 6) is -1.24. The van der Waals surface area contributed by atoms with Gasteiger partial charge in [0, 0.05) is 43.6 Å². The van der Waals surface area contributed by atoms with E-state index < -0.39 is 11.8 Å². The number of carbonyl (C=O) groups is 4. The van der Waals surface area contributed by atoms with Gasteiger partial charge in [-0.1, -0.05) is 48.5 Å². The van der Waals surface area contributed by atoms with E-state index >= 15 is 0 Å². The maximum Gasteiger partial charge on any atom is 0.253 e. The Balaban J connectivity index is 1.41. The molecule has 2 aromatic carbocycles.